The van der Waals surface area contributed by atoms with Crippen LogP contribution in [0.1, 0.15) is 13.8 Å². The van der Waals surface area contributed by atoms with Gasteiger partial charge in [0.05, 0.1) is 11.5 Å². The summed E-state index contributed by atoms with van der Waals surface area (Å²) >= 11 is 5.59. The molecule has 5 nitrogen and oxygen atoms in total. The average molecular weight is 292 g/mol. The second kappa shape index (κ2) is 6.18. The van der Waals surface area contributed by atoms with Crippen LogP contribution in [-0.4, -0.2) is 46.5 Å². The molecule has 0 aliphatic rings. The summed E-state index contributed by atoms with van der Waals surface area (Å²) in [6, 6.07) is -0.304. The van der Waals surface area contributed by atoms with Gasteiger partial charge < -0.3 is 0 Å². The van der Waals surface area contributed by atoms with Crippen LogP contribution in [0.2, 0.25) is 0 Å². The molecule has 2 atom stereocenters. The lowest BCUT2D eigenvalue weighted by atomic mass is 10.1. The van der Waals surface area contributed by atoms with Gasteiger partial charge >= 0.3 is 0 Å². The van der Waals surface area contributed by atoms with Crippen molar-refractivity contribution in [2.75, 3.05) is 23.6 Å². The maximum Gasteiger partial charge on any atom is 0.212 e. The Bertz CT molecular complexity index is 404. The lowest BCUT2D eigenvalue weighted by molar-refractivity contribution is 0.481. The van der Waals surface area contributed by atoms with Gasteiger partial charge in [-0.2, -0.15) is 0 Å². The highest BCUT2D eigenvalue weighted by molar-refractivity contribution is 7.93. The summed E-state index contributed by atoms with van der Waals surface area (Å²) in [5.41, 5.74) is 0. The van der Waals surface area contributed by atoms with Gasteiger partial charge in [-0.15, -0.1) is 11.6 Å². The van der Waals surface area contributed by atoms with E-state index in [9.17, 15) is 16.8 Å². The fourth-order valence-electron chi connectivity index (χ4n) is 0.853. The minimum Gasteiger partial charge on any atom is -0.229 e. The zero-order chi connectivity index (χ0) is 13.0. The molecule has 0 heterocycles. The molecule has 0 aliphatic carbocycles. The molecule has 0 saturated carbocycles. The standard InChI is InChI=1S/C8H18ClNO4S2/c1-7(6-9)8(2)10-16(13,14)5-4-15(3,11)12/h7-8,10H,4-6H2,1-3H3. The third-order valence-electron chi connectivity index (χ3n) is 2.19. The van der Waals surface area contributed by atoms with E-state index >= 15 is 0 Å². The highest BCUT2D eigenvalue weighted by Crippen LogP contribution is 2.06. The van der Waals surface area contributed by atoms with Crippen LogP contribution >= 0.6 is 11.6 Å². The van der Waals surface area contributed by atoms with Gasteiger partial charge in [0.25, 0.3) is 0 Å². The summed E-state index contributed by atoms with van der Waals surface area (Å²) in [6.45, 7) is 3.52. The van der Waals surface area contributed by atoms with Crippen LogP contribution in [0, 0.1) is 5.92 Å². The van der Waals surface area contributed by atoms with E-state index in [1.807, 2.05) is 6.92 Å². The predicted octanol–water partition coefficient (Wildman–Crippen LogP) is 0.214. The third kappa shape index (κ3) is 7.43. The van der Waals surface area contributed by atoms with E-state index in [1.54, 1.807) is 6.92 Å². The SMILES string of the molecule is CC(CCl)C(C)NS(=O)(=O)CCS(C)(=O)=O. The molecule has 0 aromatic heterocycles. The molecule has 0 bridgehead atoms. The van der Waals surface area contributed by atoms with Crippen molar-refractivity contribution >= 4 is 31.5 Å². The van der Waals surface area contributed by atoms with Gasteiger partial charge in [0.2, 0.25) is 10.0 Å². The van der Waals surface area contributed by atoms with E-state index in [0.29, 0.717) is 5.88 Å². The molecule has 2 unspecified atom stereocenters. The van der Waals surface area contributed by atoms with Crippen LogP contribution < -0.4 is 4.72 Å². The molecule has 8 heteroatoms. The van der Waals surface area contributed by atoms with Crippen molar-refractivity contribution in [1.29, 1.82) is 0 Å². The van der Waals surface area contributed by atoms with Crippen LogP contribution in [0.15, 0.2) is 0 Å². The number of sulfonamides is 1. The van der Waals surface area contributed by atoms with Crippen LogP contribution in [0.5, 0.6) is 0 Å². The van der Waals surface area contributed by atoms with Crippen molar-refractivity contribution in [1.82, 2.24) is 4.72 Å². The Kier molecular flexibility index (Phi) is 6.24. The predicted molar refractivity (Wildman–Crippen MR) is 66.0 cm³/mol. The van der Waals surface area contributed by atoms with E-state index in [1.165, 1.54) is 0 Å². The maximum atomic E-state index is 11.5. The summed E-state index contributed by atoms with van der Waals surface area (Å²) in [6.07, 6.45) is 1.01. The molecule has 0 aromatic carbocycles. The van der Waals surface area contributed by atoms with Gasteiger partial charge in [0, 0.05) is 18.2 Å². The van der Waals surface area contributed by atoms with E-state index < -0.39 is 25.6 Å². The molecule has 98 valence electrons. The van der Waals surface area contributed by atoms with Crippen LogP contribution in [0.25, 0.3) is 0 Å². The Labute approximate surface area is 103 Å². The number of sulfone groups is 1. The number of rotatable bonds is 7. The van der Waals surface area contributed by atoms with Crippen molar-refractivity contribution in [2.45, 2.75) is 19.9 Å². The van der Waals surface area contributed by atoms with Crippen LogP contribution in [0.4, 0.5) is 0 Å². The van der Waals surface area contributed by atoms with Crippen molar-refractivity contribution < 1.29 is 16.8 Å². The first-order chi connectivity index (χ1) is 7.07. The van der Waals surface area contributed by atoms with Crippen molar-refractivity contribution in [2.24, 2.45) is 5.92 Å². The monoisotopic (exact) mass is 291 g/mol. The molecule has 0 aliphatic heterocycles. The summed E-state index contributed by atoms with van der Waals surface area (Å²) in [4.78, 5) is 0. The molecular formula is C8H18ClNO4S2. The Balaban J connectivity index is 4.37. The summed E-state index contributed by atoms with van der Waals surface area (Å²) in [5.74, 6) is -0.444. The fourth-order valence-corrected chi connectivity index (χ4v) is 4.13. The Morgan fingerprint density at radius 1 is 1.12 bits per heavy atom. The molecule has 0 rings (SSSR count). The number of hydrogen-bond donors (Lipinski definition) is 1. The zero-order valence-corrected chi connectivity index (χ0v) is 12.0. The zero-order valence-electron chi connectivity index (χ0n) is 9.60. The molecule has 1 N–H and O–H groups in total. The third-order valence-corrected chi connectivity index (χ3v) is 5.35. The van der Waals surface area contributed by atoms with Gasteiger partial charge in [0.15, 0.2) is 0 Å². The Hall–Kier alpha value is 0.150. The van der Waals surface area contributed by atoms with Gasteiger partial charge in [-0.1, -0.05) is 6.92 Å². The second-order valence-electron chi connectivity index (χ2n) is 3.99. The van der Waals surface area contributed by atoms with Crippen LogP contribution in [-0.2, 0) is 19.9 Å². The summed E-state index contributed by atoms with van der Waals surface area (Å²) in [5, 5.41) is 0. The topological polar surface area (TPSA) is 80.3 Å². The second-order valence-corrected chi connectivity index (χ2v) is 8.43. The summed E-state index contributed by atoms with van der Waals surface area (Å²) < 4.78 is 47.1. The largest absolute Gasteiger partial charge is 0.229 e. The van der Waals surface area contributed by atoms with Crippen LogP contribution in [0.3, 0.4) is 0 Å². The Morgan fingerprint density at radius 2 is 1.62 bits per heavy atom. The maximum absolute atomic E-state index is 11.5. The smallest absolute Gasteiger partial charge is 0.212 e. The quantitative estimate of drug-likeness (QED) is 0.680. The number of halogens is 1. The van der Waals surface area contributed by atoms with E-state index in [0.717, 1.165) is 6.26 Å². The molecule has 0 radical (unpaired) electrons. The molecule has 0 aromatic rings. The number of nitrogens with one attached hydrogen (secondary N) is 1. The molecular weight excluding hydrogens is 274 g/mol. The highest BCUT2D eigenvalue weighted by atomic mass is 35.5. The molecule has 16 heavy (non-hydrogen) atoms. The minimum atomic E-state index is -3.56. The fraction of sp³-hybridized carbons (Fsp3) is 1.00. The number of alkyl halides is 1. The molecule has 0 amide bonds. The van der Waals surface area contributed by atoms with Gasteiger partial charge in [-0.3, -0.25) is 0 Å². The van der Waals surface area contributed by atoms with E-state index in [2.05, 4.69) is 4.72 Å². The lowest BCUT2D eigenvalue weighted by Gasteiger charge is -2.18. The molecule has 0 saturated heterocycles. The molecule has 0 spiro atoms. The van der Waals surface area contributed by atoms with E-state index in [-0.39, 0.29) is 17.7 Å². The minimum absolute atomic E-state index is 0.00493. The van der Waals surface area contributed by atoms with Crippen molar-refractivity contribution in [3.05, 3.63) is 0 Å². The van der Waals surface area contributed by atoms with Gasteiger partial charge in [0.1, 0.15) is 9.84 Å². The summed E-state index contributed by atoms with van der Waals surface area (Å²) in [7, 11) is -6.82. The lowest BCUT2D eigenvalue weighted by Crippen LogP contribution is -2.40. The number of hydrogen-bond acceptors (Lipinski definition) is 4. The van der Waals surface area contributed by atoms with E-state index in [4.69, 9.17) is 11.6 Å². The highest BCUT2D eigenvalue weighted by Gasteiger charge is 2.20. The molecule has 0 fully saturated rings. The van der Waals surface area contributed by atoms with Crippen molar-refractivity contribution in [3.8, 4) is 0 Å². The first-order valence-electron chi connectivity index (χ1n) is 4.81. The first kappa shape index (κ1) is 16.1. The van der Waals surface area contributed by atoms with Crippen molar-refractivity contribution in [3.63, 3.8) is 0 Å². The average Bonchev–Trinajstić information content (AvgIpc) is 2.12. The van der Waals surface area contributed by atoms with Gasteiger partial charge in [-0.05, 0) is 12.8 Å². The normalized spacial score (nSPS) is 17.0. The Morgan fingerprint density at radius 3 is 2.00 bits per heavy atom. The van der Waals surface area contributed by atoms with Gasteiger partial charge in [-0.25, -0.2) is 21.6 Å². The first-order valence-corrected chi connectivity index (χ1v) is 9.06.